The largest absolute Gasteiger partial charge is 0.368 e. The fourth-order valence-corrected chi connectivity index (χ4v) is 4.20. The summed E-state index contributed by atoms with van der Waals surface area (Å²) in [5.74, 6) is 0.222. The number of nitrogens with one attached hydrogen (secondary N) is 1. The van der Waals surface area contributed by atoms with E-state index in [0.717, 1.165) is 47.7 Å². The van der Waals surface area contributed by atoms with Gasteiger partial charge in [0, 0.05) is 29.2 Å². The molecule has 2 aliphatic heterocycles. The molecule has 4 rings (SSSR count). The van der Waals surface area contributed by atoms with Gasteiger partial charge in [0.15, 0.2) is 0 Å². The highest BCUT2D eigenvalue weighted by Crippen LogP contribution is 2.33. The number of halogens is 1. The van der Waals surface area contributed by atoms with E-state index in [2.05, 4.69) is 20.2 Å². The van der Waals surface area contributed by atoms with Crippen LogP contribution in [0.2, 0.25) is 5.02 Å². The van der Waals surface area contributed by atoms with E-state index in [9.17, 15) is 4.79 Å². The van der Waals surface area contributed by atoms with E-state index in [1.165, 1.54) is 12.8 Å². The SMILES string of the molecule is Cc1cc(Cl)ccc1-c1nc(N)nc2c1CN(C(=O)NCCN1CCCC1)C2. The Bertz CT molecular complexity index is 897. The second kappa shape index (κ2) is 7.93. The van der Waals surface area contributed by atoms with Crippen LogP contribution >= 0.6 is 11.6 Å². The molecule has 0 radical (unpaired) electrons. The Labute approximate surface area is 169 Å². The smallest absolute Gasteiger partial charge is 0.318 e. The number of amides is 2. The third-order valence-corrected chi connectivity index (χ3v) is 5.67. The maximum Gasteiger partial charge on any atom is 0.318 e. The van der Waals surface area contributed by atoms with Gasteiger partial charge in [-0.25, -0.2) is 14.8 Å². The molecule has 1 fully saturated rings. The number of carbonyl (C=O) groups excluding carboxylic acids is 1. The van der Waals surface area contributed by atoms with Gasteiger partial charge in [0.05, 0.1) is 24.5 Å². The van der Waals surface area contributed by atoms with Crippen LogP contribution in [-0.4, -0.2) is 52.0 Å². The van der Waals surface area contributed by atoms with E-state index >= 15 is 0 Å². The number of likely N-dealkylation sites (tertiary alicyclic amines) is 1. The highest BCUT2D eigenvalue weighted by molar-refractivity contribution is 6.30. The van der Waals surface area contributed by atoms with Crippen molar-refractivity contribution in [3.8, 4) is 11.3 Å². The molecule has 1 aromatic heterocycles. The highest BCUT2D eigenvalue weighted by Gasteiger charge is 2.29. The number of fused-ring (bicyclic) bond motifs is 1. The first-order valence-electron chi connectivity index (χ1n) is 9.68. The van der Waals surface area contributed by atoms with Gasteiger partial charge in [-0.05, 0) is 50.6 Å². The molecule has 2 aliphatic rings. The molecular weight excluding hydrogens is 376 g/mol. The third kappa shape index (κ3) is 3.91. The first-order chi connectivity index (χ1) is 13.5. The van der Waals surface area contributed by atoms with Crippen LogP contribution in [0, 0.1) is 6.92 Å². The zero-order chi connectivity index (χ0) is 19.7. The fourth-order valence-electron chi connectivity index (χ4n) is 3.97. The van der Waals surface area contributed by atoms with Crippen molar-refractivity contribution in [2.24, 2.45) is 0 Å². The number of urea groups is 1. The van der Waals surface area contributed by atoms with Crippen LogP contribution in [0.5, 0.6) is 0 Å². The number of anilines is 1. The van der Waals surface area contributed by atoms with Crippen LogP contribution in [-0.2, 0) is 13.1 Å². The number of carbonyl (C=O) groups is 1. The van der Waals surface area contributed by atoms with Gasteiger partial charge in [-0.2, -0.15) is 0 Å². The lowest BCUT2D eigenvalue weighted by Gasteiger charge is -2.19. The average Bonchev–Trinajstić information content (AvgIpc) is 3.30. The Morgan fingerprint density at radius 2 is 2.04 bits per heavy atom. The topological polar surface area (TPSA) is 87.4 Å². The van der Waals surface area contributed by atoms with Crippen molar-refractivity contribution < 1.29 is 4.79 Å². The van der Waals surface area contributed by atoms with E-state index in [0.29, 0.717) is 24.7 Å². The minimum atomic E-state index is -0.0745. The maximum absolute atomic E-state index is 12.6. The number of nitrogens with zero attached hydrogens (tertiary/aromatic N) is 4. The summed E-state index contributed by atoms with van der Waals surface area (Å²) in [6, 6.07) is 5.61. The lowest BCUT2D eigenvalue weighted by Crippen LogP contribution is -2.40. The van der Waals surface area contributed by atoms with Crippen molar-refractivity contribution in [2.45, 2.75) is 32.9 Å². The molecule has 7 nitrogen and oxygen atoms in total. The van der Waals surface area contributed by atoms with Crippen LogP contribution in [0.1, 0.15) is 29.7 Å². The average molecular weight is 401 g/mol. The number of aromatic nitrogens is 2. The zero-order valence-electron chi connectivity index (χ0n) is 16.0. The van der Waals surface area contributed by atoms with Crippen molar-refractivity contribution in [2.75, 3.05) is 31.9 Å². The fraction of sp³-hybridized carbons (Fsp3) is 0.450. The summed E-state index contributed by atoms with van der Waals surface area (Å²) in [5, 5.41) is 3.71. The van der Waals surface area contributed by atoms with Crippen LogP contribution in [0.4, 0.5) is 10.7 Å². The molecule has 0 saturated carbocycles. The monoisotopic (exact) mass is 400 g/mol. The third-order valence-electron chi connectivity index (χ3n) is 5.43. The molecular formula is C20H25ClN6O. The van der Waals surface area contributed by atoms with Crippen molar-refractivity contribution in [1.82, 2.24) is 25.1 Å². The molecule has 2 aromatic rings. The quantitative estimate of drug-likeness (QED) is 0.823. The normalized spacial score (nSPS) is 16.4. The lowest BCUT2D eigenvalue weighted by atomic mass is 10.0. The van der Waals surface area contributed by atoms with Crippen LogP contribution in [0.3, 0.4) is 0 Å². The van der Waals surface area contributed by atoms with Crippen LogP contribution < -0.4 is 11.1 Å². The van der Waals surface area contributed by atoms with Gasteiger partial charge in [0.1, 0.15) is 0 Å². The Kier molecular flexibility index (Phi) is 5.37. The molecule has 148 valence electrons. The van der Waals surface area contributed by atoms with Gasteiger partial charge >= 0.3 is 6.03 Å². The number of hydrogen-bond acceptors (Lipinski definition) is 5. The standard InChI is InChI=1S/C20H25ClN6O/c1-13-10-14(21)4-5-15(13)18-16-11-27(12-17(16)24-19(22)25-18)20(28)23-6-9-26-7-2-3-8-26/h4-5,10H,2-3,6-9,11-12H2,1H3,(H,23,28)(H2,22,24,25). The molecule has 0 atom stereocenters. The van der Waals surface area contributed by atoms with Crippen LogP contribution in [0.15, 0.2) is 18.2 Å². The van der Waals surface area contributed by atoms with Crippen molar-refractivity contribution in [3.05, 3.63) is 40.0 Å². The van der Waals surface area contributed by atoms with Gasteiger partial charge in [-0.1, -0.05) is 17.7 Å². The lowest BCUT2D eigenvalue weighted by molar-refractivity contribution is 0.196. The minimum Gasteiger partial charge on any atom is -0.368 e. The van der Waals surface area contributed by atoms with Crippen molar-refractivity contribution in [3.63, 3.8) is 0 Å². The van der Waals surface area contributed by atoms with Crippen molar-refractivity contribution in [1.29, 1.82) is 0 Å². The number of aryl methyl sites for hydroxylation is 1. The zero-order valence-corrected chi connectivity index (χ0v) is 16.8. The van der Waals surface area contributed by atoms with E-state index in [1.807, 2.05) is 25.1 Å². The van der Waals surface area contributed by atoms with E-state index in [1.54, 1.807) is 4.90 Å². The summed E-state index contributed by atoms with van der Waals surface area (Å²) in [6.07, 6.45) is 2.50. The summed E-state index contributed by atoms with van der Waals surface area (Å²) in [7, 11) is 0. The first kappa shape index (κ1) is 19.0. The predicted molar refractivity (Wildman–Crippen MR) is 110 cm³/mol. The summed E-state index contributed by atoms with van der Waals surface area (Å²) in [6.45, 7) is 6.72. The second-order valence-electron chi connectivity index (χ2n) is 7.45. The number of hydrogen-bond donors (Lipinski definition) is 2. The Morgan fingerprint density at radius 1 is 1.25 bits per heavy atom. The Hall–Kier alpha value is -2.38. The van der Waals surface area contributed by atoms with Crippen LogP contribution in [0.25, 0.3) is 11.3 Å². The van der Waals surface area contributed by atoms with Gasteiger partial charge in [0.25, 0.3) is 0 Å². The molecule has 3 N–H and O–H groups in total. The molecule has 0 bridgehead atoms. The van der Waals surface area contributed by atoms with Gasteiger partial charge in [0.2, 0.25) is 5.95 Å². The minimum absolute atomic E-state index is 0.0745. The van der Waals surface area contributed by atoms with Crippen molar-refractivity contribution >= 4 is 23.6 Å². The predicted octanol–water partition coefficient (Wildman–Crippen LogP) is 2.81. The Balaban J connectivity index is 1.48. The highest BCUT2D eigenvalue weighted by atomic mass is 35.5. The molecule has 1 saturated heterocycles. The molecule has 8 heteroatoms. The van der Waals surface area contributed by atoms with Gasteiger partial charge in [-0.3, -0.25) is 0 Å². The van der Waals surface area contributed by atoms with E-state index < -0.39 is 0 Å². The van der Waals surface area contributed by atoms with E-state index in [-0.39, 0.29) is 12.0 Å². The summed E-state index contributed by atoms with van der Waals surface area (Å²) >= 11 is 6.09. The number of nitrogens with two attached hydrogens (primary N) is 1. The number of nitrogen functional groups attached to an aromatic ring is 1. The number of rotatable bonds is 4. The molecule has 0 spiro atoms. The molecule has 0 unspecified atom stereocenters. The maximum atomic E-state index is 12.6. The Morgan fingerprint density at radius 3 is 2.79 bits per heavy atom. The molecule has 0 aliphatic carbocycles. The van der Waals surface area contributed by atoms with Gasteiger partial charge < -0.3 is 20.9 Å². The first-order valence-corrected chi connectivity index (χ1v) is 10.1. The molecule has 2 amide bonds. The van der Waals surface area contributed by atoms with E-state index in [4.69, 9.17) is 17.3 Å². The molecule has 1 aromatic carbocycles. The van der Waals surface area contributed by atoms with Gasteiger partial charge in [-0.15, -0.1) is 0 Å². The summed E-state index contributed by atoms with van der Waals surface area (Å²) < 4.78 is 0. The second-order valence-corrected chi connectivity index (χ2v) is 7.89. The summed E-state index contributed by atoms with van der Waals surface area (Å²) in [5.41, 5.74) is 10.5. The molecule has 3 heterocycles. The number of benzene rings is 1. The molecule has 28 heavy (non-hydrogen) atoms. The summed E-state index contributed by atoms with van der Waals surface area (Å²) in [4.78, 5) is 25.6.